The van der Waals surface area contributed by atoms with E-state index in [0.29, 0.717) is 40.6 Å². The summed E-state index contributed by atoms with van der Waals surface area (Å²) < 4.78 is 60.1. The molecule has 2 heterocycles. The number of nitrogens with one attached hydrogen (secondary N) is 1. The number of H-pyrrole nitrogens is 1. The third-order valence-corrected chi connectivity index (χ3v) is 4.51. The van der Waals surface area contributed by atoms with Gasteiger partial charge in [-0.05, 0) is 59.5 Å². The first-order valence-corrected chi connectivity index (χ1v) is 8.66. The number of aryl methyl sites for hydroxylation is 2. The monoisotopic (exact) mass is 426 g/mol. The molecule has 0 fully saturated rings. The molecule has 0 bridgehead atoms. The van der Waals surface area contributed by atoms with Gasteiger partial charge in [0.05, 0.1) is 0 Å². The van der Waals surface area contributed by atoms with Gasteiger partial charge < -0.3 is 9.15 Å². The summed E-state index contributed by atoms with van der Waals surface area (Å²) in [4.78, 5) is 0. The molecule has 0 atom stereocenters. The first kappa shape index (κ1) is 19.2. The zero-order valence-electron chi connectivity index (χ0n) is 14.4. The minimum Gasteiger partial charge on any atom is -0.453 e. The summed E-state index contributed by atoms with van der Waals surface area (Å²) in [5.41, 5.74) is 1.73. The summed E-state index contributed by atoms with van der Waals surface area (Å²) in [6.07, 6.45) is -4.26. The highest BCUT2D eigenvalue weighted by molar-refractivity contribution is 6.32. The van der Waals surface area contributed by atoms with E-state index in [-0.39, 0.29) is 0 Å². The van der Waals surface area contributed by atoms with E-state index in [1.165, 1.54) is 6.07 Å². The molecule has 1 N–H and O–H groups in total. The van der Waals surface area contributed by atoms with Gasteiger partial charge >= 0.3 is 6.36 Å². The molecule has 0 spiro atoms. The lowest BCUT2D eigenvalue weighted by Gasteiger charge is -2.11. The summed E-state index contributed by atoms with van der Waals surface area (Å²) in [6.45, 7) is 0. The second-order valence-corrected chi connectivity index (χ2v) is 6.55. The van der Waals surface area contributed by atoms with Gasteiger partial charge in [-0.15, -0.1) is 23.4 Å². The van der Waals surface area contributed by atoms with Crippen molar-refractivity contribution in [3.8, 4) is 17.3 Å². The number of halogens is 5. The van der Waals surface area contributed by atoms with E-state index >= 15 is 0 Å². The summed E-state index contributed by atoms with van der Waals surface area (Å²) in [5.74, 6) is -1.25. The quantitative estimate of drug-likeness (QED) is 0.450. The first-order chi connectivity index (χ1) is 13.8. The van der Waals surface area contributed by atoms with Gasteiger partial charge in [0.2, 0.25) is 5.82 Å². The van der Waals surface area contributed by atoms with Crippen LogP contribution >= 0.6 is 11.6 Å². The number of aromatic amines is 1. The summed E-state index contributed by atoms with van der Waals surface area (Å²) in [5, 5.41) is 14.7. The summed E-state index contributed by atoms with van der Waals surface area (Å²) >= 11 is 6.32. The fourth-order valence-electron chi connectivity index (χ4n) is 2.85. The van der Waals surface area contributed by atoms with Gasteiger partial charge in [-0.25, -0.2) is 4.39 Å². The van der Waals surface area contributed by atoms with Crippen molar-refractivity contribution in [1.29, 1.82) is 0 Å². The van der Waals surface area contributed by atoms with Crippen LogP contribution in [0.5, 0.6) is 5.75 Å². The Morgan fingerprint density at radius 1 is 1.10 bits per heavy atom. The predicted molar refractivity (Wildman–Crippen MR) is 94.9 cm³/mol. The Kier molecular flexibility index (Phi) is 4.87. The van der Waals surface area contributed by atoms with E-state index in [2.05, 4.69) is 25.4 Å². The Bertz CT molecular complexity index is 1160. The standard InChI is InChI=1S/C18H11ClF4N4O2/c19-12-6-11-8-16(17-24-26-27-25-17)28-14(11)7-10(12)3-1-9-2-4-13(20)15(5-9)29-18(21,22)23/h2,4-8H,1,3H2,(H,24,25,26,27). The van der Waals surface area contributed by atoms with Gasteiger partial charge in [-0.3, -0.25) is 0 Å². The van der Waals surface area contributed by atoms with Crippen LogP contribution in [-0.4, -0.2) is 27.0 Å². The molecule has 11 heteroatoms. The van der Waals surface area contributed by atoms with E-state index in [4.69, 9.17) is 16.0 Å². The SMILES string of the molecule is Fc1ccc(CCc2cc3oc(-c4nn[nH]n4)cc3cc2Cl)cc1OC(F)(F)F. The lowest BCUT2D eigenvalue weighted by molar-refractivity contribution is -0.275. The molecule has 2 aromatic heterocycles. The largest absolute Gasteiger partial charge is 0.573 e. The smallest absolute Gasteiger partial charge is 0.453 e. The fourth-order valence-corrected chi connectivity index (χ4v) is 3.12. The number of ether oxygens (including phenoxy) is 1. The first-order valence-electron chi connectivity index (χ1n) is 8.28. The molecule has 0 saturated carbocycles. The zero-order valence-corrected chi connectivity index (χ0v) is 15.2. The van der Waals surface area contributed by atoms with Crippen LogP contribution in [0.3, 0.4) is 0 Å². The molecule has 0 aliphatic heterocycles. The van der Waals surface area contributed by atoms with Crippen molar-refractivity contribution in [2.24, 2.45) is 0 Å². The van der Waals surface area contributed by atoms with Gasteiger partial charge in [-0.2, -0.15) is 5.21 Å². The Morgan fingerprint density at radius 2 is 1.93 bits per heavy atom. The van der Waals surface area contributed by atoms with Crippen LogP contribution in [0, 0.1) is 5.82 Å². The average molecular weight is 427 g/mol. The van der Waals surface area contributed by atoms with Crippen molar-refractivity contribution < 1.29 is 26.7 Å². The van der Waals surface area contributed by atoms with Crippen molar-refractivity contribution in [3.05, 3.63) is 58.4 Å². The van der Waals surface area contributed by atoms with Crippen LogP contribution in [0.25, 0.3) is 22.6 Å². The number of fused-ring (bicyclic) bond motifs is 1. The molecule has 4 rings (SSSR count). The molecule has 0 radical (unpaired) electrons. The van der Waals surface area contributed by atoms with Gasteiger partial charge in [0.25, 0.3) is 0 Å². The summed E-state index contributed by atoms with van der Waals surface area (Å²) in [7, 11) is 0. The minimum absolute atomic E-state index is 0.294. The molecular formula is C18H11ClF4N4O2. The van der Waals surface area contributed by atoms with Gasteiger partial charge in [-0.1, -0.05) is 17.7 Å². The van der Waals surface area contributed by atoms with Gasteiger partial charge in [0, 0.05) is 10.4 Å². The molecule has 150 valence electrons. The van der Waals surface area contributed by atoms with E-state index in [9.17, 15) is 17.6 Å². The van der Waals surface area contributed by atoms with Crippen LogP contribution in [0.2, 0.25) is 5.02 Å². The number of tetrazole rings is 1. The number of aromatic nitrogens is 4. The van der Waals surface area contributed by atoms with Crippen LogP contribution < -0.4 is 4.74 Å². The number of alkyl halides is 3. The lowest BCUT2D eigenvalue weighted by atomic mass is 10.0. The zero-order chi connectivity index (χ0) is 20.6. The van der Waals surface area contributed by atoms with Crippen molar-refractivity contribution in [2.75, 3.05) is 0 Å². The molecule has 29 heavy (non-hydrogen) atoms. The highest BCUT2D eigenvalue weighted by atomic mass is 35.5. The normalized spacial score (nSPS) is 11.9. The van der Waals surface area contributed by atoms with Crippen LogP contribution in [-0.2, 0) is 12.8 Å². The number of furan rings is 1. The number of nitrogens with zero attached hydrogens (tertiary/aromatic N) is 3. The van der Waals surface area contributed by atoms with Gasteiger partial charge in [0.1, 0.15) is 5.58 Å². The van der Waals surface area contributed by atoms with E-state index in [1.807, 2.05) is 0 Å². The Hall–Kier alpha value is -3.14. The molecule has 6 nitrogen and oxygen atoms in total. The maximum absolute atomic E-state index is 13.5. The number of benzene rings is 2. The molecule has 0 unspecified atom stereocenters. The van der Waals surface area contributed by atoms with E-state index in [0.717, 1.165) is 23.1 Å². The third kappa shape index (κ3) is 4.32. The Balaban J connectivity index is 1.55. The molecule has 2 aromatic carbocycles. The maximum Gasteiger partial charge on any atom is 0.573 e. The Morgan fingerprint density at radius 3 is 2.66 bits per heavy atom. The van der Waals surface area contributed by atoms with Crippen molar-refractivity contribution in [3.63, 3.8) is 0 Å². The number of hydrogen-bond acceptors (Lipinski definition) is 5. The number of hydrogen-bond donors (Lipinski definition) is 1. The molecule has 0 amide bonds. The molecule has 0 aliphatic rings. The van der Waals surface area contributed by atoms with Crippen LogP contribution in [0.1, 0.15) is 11.1 Å². The van der Waals surface area contributed by atoms with E-state index in [1.54, 1.807) is 18.2 Å². The fraction of sp³-hybridized carbons (Fsp3) is 0.167. The second kappa shape index (κ2) is 7.36. The van der Waals surface area contributed by atoms with Gasteiger partial charge in [0.15, 0.2) is 17.3 Å². The van der Waals surface area contributed by atoms with Crippen molar-refractivity contribution >= 4 is 22.6 Å². The summed E-state index contributed by atoms with van der Waals surface area (Å²) in [6, 6.07) is 8.52. The van der Waals surface area contributed by atoms with Crippen LogP contribution in [0.4, 0.5) is 17.6 Å². The van der Waals surface area contributed by atoms with Crippen molar-refractivity contribution in [1.82, 2.24) is 20.6 Å². The maximum atomic E-state index is 13.5. The second-order valence-electron chi connectivity index (χ2n) is 6.14. The van der Waals surface area contributed by atoms with Crippen molar-refractivity contribution in [2.45, 2.75) is 19.2 Å². The van der Waals surface area contributed by atoms with E-state index < -0.39 is 17.9 Å². The molecular weight excluding hydrogens is 416 g/mol. The average Bonchev–Trinajstić information content (AvgIpc) is 3.30. The number of rotatable bonds is 5. The molecule has 0 aliphatic carbocycles. The third-order valence-electron chi connectivity index (χ3n) is 4.16. The Labute approximate surface area is 165 Å². The molecule has 0 saturated heterocycles. The topological polar surface area (TPSA) is 76.8 Å². The minimum atomic E-state index is -4.97. The highest BCUT2D eigenvalue weighted by Gasteiger charge is 2.32. The predicted octanol–water partition coefficient (Wildman–Crippen LogP) is 5.09. The lowest BCUT2D eigenvalue weighted by Crippen LogP contribution is -2.18. The molecule has 4 aromatic rings. The highest BCUT2D eigenvalue weighted by Crippen LogP contribution is 2.31. The van der Waals surface area contributed by atoms with Crippen LogP contribution in [0.15, 0.2) is 40.8 Å².